The number of imidazole rings is 1. The zero-order valence-corrected chi connectivity index (χ0v) is 27.4. The Morgan fingerprint density at radius 1 is 0.809 bits per heavy atom. The molecule has 0 atom stereocenters. The fraction of sp³-hybridized carbons (Fsp3) is 0.0811. The Morgan fingerprint density at radius 3 is 2.02 bits per heavy atom. The van der Waals surface area contributed by atoms with Crippen LogP contribution < -0.4 is 4.74 Å². The minimum atomic E-state index is -3.24. The lowest BCUT2D eigenvalue weighted by molar-refractivity contribution is 0.0697. The van der Waals surface area contributed by atoms with Crippen LogP contribution in [0.3, 0.4) is 0 Å². The molecule has 10 heteroatoms. The number of ether oxygens (including phenoxy) is 1. The van der Waals surface area contributed by atoms with E-state index in [9.17, 15) is 18.3 Å². The van der Waals surface area contributed by atoms with Crippen LogP contribution >= 0.6 is 23.2 Å². The first-order valence-corrected chi connectivity index (χ1v) is 17.2. The molecule has 0 fully saturated rings. The molecular formula is C37H28Cl2N2O5S. The third-order valence-electron chi connectivity index (χ3n) is 7.64. The first-order valence-electron chi connectivity index (χ1n) is 14.5. The maximum absolute atomic E-state index is 11.7. The van der Waals surface area contributed by atoms with E-state index in [0.29, 0.717) is 34.5 Å². The lowest BCUT2D eigenvalue weighted by Crippen LogP contribution is -2.03. The van der Waals surface area contributed by atoms with Crippen molar-refractivity contribution < 1.29 is 23.1 Å². The highest BCUT2D eigenvalue weighted by Crippen LogP contribution is 2.32. The molecule has 0 aliphatic heterocycles. The summed E-state index contributed by atoms with van der Waals surface area (Å²) in [5.41, 5.74) is 6.38. The van der Waals surface area contributed by atoms with E-state index >= 15 is 0 Å². The Kier molecular flexibility index (Phi) is 9.18. The third kappa shape index (κ3) is 7.58. The molecule has 0 saturated carbocycles. The first-order chi connectivity index (χ1) is 22.5. The molecule has 236 valence electrons. The van der Waals surface area contributed by atoms with Crippen LogP contribution in [0.2, 0.25) is 10.0 Å². The van der Waals surface area contributed by atoms with E-state index in [2.05, 4.69) is 24.3 Å². The van der Waals surface area contributed by atoms with Crippen LogP contribution in [0.15, 0.2) is 126 Å². The highest BCUT2D eigenvalue weighted by molar-refractivity contribution is 7.90. The summed E-state index contributed by atoms with van der Waals surface area (Å²) < 4.78 is 31.2. The fourth-order valence-corrected chi connectivity index (χ4v) is 6.23. The molecule has 6 aromatic rings. The number of halogens is 2. The van der Waals surface area contributed by atoms with Crippen molar-refractivity contribution in [2.24, 2.45) is 0 Å². The van der Waals surface area contributed by atoms with Gasteiger partial charge in [0.05, 0.1) is 21.2 Å². The number of sulfone groups is 1. The molecule has 5 aromatic carbocycles. The number of aromatic carboxylic acids is 1. The average molecular weight is 684 g/mol. The molecule has 0 unspecified atom stereocenters. The number of carboxylic acids is 1. The lowest BCUT2D eigenvalue weighted by atomic mass is 10.0. The van der Waals surface area contributed by atoms with Crippen LogP contribution in [0, 0.1) is 0 Å². The summed E-state index contributed by atoms with van der Waals surface area (Å²) in [6.07, 6.45) is 3.60. The van der Waals surface area contributed by atoms with Crippen molar-refractivity contribution in [3.05, 3.63) is 154 Å². The summed E-state index contributed by atoms with van der Waals surface area (Å²) in [6.45, 7) is 0.323. The normalized spacial score (nSPS) is 11.4. The van der Waals surface area contributed by atoms with E-state index in [4.69, 9.17) is 32.9 Å². The van der Waals surface area contributed by atoms with Gasteiger partial charge in [-0.3, -0.25) is 0 Å². The van der Waals surface area contributed by atoms with Gasteiger partial charge in [0.2, 0.25) is 0 Å². The van der Waals surface area contributed by atoms with Crippen LogP contribution in [0.1, 0.15) is 27.3 Å². The number of hydrogen-bond acceptors (Lipinski definition) is 5. The van der Waals surface area contributed by atoms with Crippen LogP contribution in [-0.4, -0.2) is 35.3 Å². The monoisotopic (exact) mass is 682 g/mol. The first kappa shape index (κ1) is 32.1. The van der Waals surface area contributed by atoms with Crippen LogP contribution in [-0.2, 0) is 22.9 Å². The molecule has 0 radical (unpaired) electrons. The van der Waals surface area contributed by atoms with Crippen LogP contribution in [0.4, 0.5) is 0 Å². The van der Waals surface area contributed by atoms with Crippen molar-refractivity contribution in [1.82, 2.24) is 9.55 Å². The van der Waals surface area contributed by atoms with Gasteiger partial charge < -0.3 is 14.4 Å². The maximum Gasteiger partial charge on any atom is 0.335 e. The molecule has 0 bridgehead atoms. The van der Waals surface area contributed by atoms with Gasteiger partial charge in [0.15, 0.2) is 9.84 Å². The van der Waals surface area contributed by atoms with E-state index in [0.717, 1.165) is 39.3 Å². The second-order valence-corrected chi connectivity index (χ2v) is 13.9. The van der Waals surface area contributed by atoms with Gasteiger partial charge in [-0.1, -0.05) is 71.7 Å². The number of benzene rings is 5. The van der Waals surface area contributed by atoms with Crippen molar-refractivity contribution in [1.29, 1.82) is 0 Å². The van der Waals surface area contributed by atoms with Crippen LogP contribution in [0.25, 0.3) is 28.1 Å². The molecule has 1 N–H and O–H groups in total. The SMILES string of the molecule is CS(=O)(=O)c1ccc(COc2ccc(-c3ccc(Cc4nc(-c5ccc(Cl)cc5Cl)cn4-c4ccc(C(=O)O)cc4)cc3)cc2)cc1. The Balaban J connectivity index is 1.19. The largest absolute Gasteiger partial charge is 0.489 e. The summed E-state index contributed by atoms with van der Waals surface area (Å²) in [7, 11) is -3.24. The molecule has 1 heterocycles. The van der Waals surface area contributed by atoms with E-state index in [1.807, 2.05) is 41.1 Å². The van der Waals surface area contributed by atoms with E-state index < -0.39 is 15.8 Å². The predicted octanol–water partition coefficient (Wildman–Crippen LogP) is 8.78. The average Bonchev–Trinajstić information content (AvgIpc) is 3.47. The molecular weight excluding hydrogens is 655 g/mol. The minimum absolute atomic E-state index is 0.202. The topological polar surface area (TPSA) is 98.5 Å². The quantitative estimate of drug-likeness (QED) is 0.155. The molecule has 0 spiro atoms. The highest BCUT2D eigenvalue weighted by Gasteiger charge is 2.15. The third-order valence-corrected chi connectivity index (χ3v) is 9.32. The second kappa shape index (κ2) is 13.5. The van der Waals surface area contributed by atoms with E-state index in [1.54, 1.807) is 60.7 Å². The van der Waals surface area contributed by atoms with Crippen molar-refractivity contribution >= 4 is 39.0 Å². The zero-order chi connectivity index (χ0) is 33.1. The van der Waals surface area contributed by atoms with Crippen molar-refractivity contribution in [3.63, 3.8) is 0 Å². The van der Waals surface area contributed by atoms with Gasteiger partial charge in [-0.25, -0.2) is 18.2 Å². The highest BCUT2D eigenvalue weighted by atomic mass is 35.5. The smallest absolute Gasteiger partial charge is 0.335 e. The van der Waals surface area contributed by atoms with Gasteiger partial charge in [-0.05, 0) is 89.0 Å². The Bertz CT molecular complexity index is 2160. The molecule has 0 aliphatic rings. The summed E-state index contributed by atoms with van der Waals surface area (Å²) in [4.78, 5) is 16.6. The number of carbonyl (C=O) groups is 1. The Labute approximate surface area is 282 Å². The number of rotatable bonds is 10. The predicted molar refractivity (Wildman–Crippen MR) is 185 cm³/mol. The van der Waals surface area contributed by atoms with Gasteiger partial charge >= 0.3 is 5.97 Å². The molecule has 47 heavy (non-hydrogen) atoms. The Morgan fingerprint density at radius 2 is 1.43 bits per heavy atom. The molecule has 0 amide bonds. The van der Waals surface area contributed by atoms with Gasteiger partial charge in [-0.2, -0.15) is 0 Å². The van der Waals surface area contributed by atoms with Crippen molar-refractivity contribution in [2.45, 2.75) is 17.9 Å². The number of carboxylic acid groups (broad SMARTS) is 1. The standard InChI is InChI=1S/C37H28Cl2N2O5S/c1-47(44,45)32-17-4-25(5-18-32)23-46-31-15-10-27(11-16-31)26-6-2-24(3-7-26)20-36-40-35(33-19-12-29(38)21-34(33)39)22-41(36)30-13-8-28(9-14-30)37(42)43/h2-19,21-22H,20,23H2,1H3,(H,42,43). The molecule has 0 saturated heterocycles. The van der Waals surface area contributed by atoms with Gasteiger partial charge in [-0.15, -0.1) is 0 Å². The lowest BCUT2D eigenvalue weighted by Gasteiger charge is -2.10. The number of hydrogen-bond donors (Lipinski definition) is 1. The van der Waals surface area contributed by atoms with Crippen LogP contribution in [0.5, 0.6) is 5.75 Å². The number of nitrogens with zero attached hydrogens (tertiary/aromatic N) is 2. The second-order valence-electron chi connectivity index (χ2n) is 11.0. The minimum Gasteiger partial charge on any atom is -0.489 e. The number of aromatic nitrogens is 2. The molecule has 0 aliphatic carbocycles. The summed E-state index contributed by atoms with van der Waals surface area (Å²) in [5, 5.41) is 10.4. The van der Waals surface area contributed by atoms with E-state index in [-0.39, 0.29) is 10.5 Å². The zero-order valence-electron chi connectivity index (χ0n) is 25.1. The summed E-state index contributed by atoms with van der Waals surface area (Å²) >= 11 is 12.6. The fourth-order valence-electron chi connectivity index (χ4n) is 5.10. The Hall–Kier alpha value is -4.89. The summed E-state index contributed by atoms with van der Waals surface area (Å²) in [6, 6.07) is 34.6. The van der Waals surface area contributed by atoms with Crippen molar-refractivity contribution in [3.8, 4) is 33.8 Å². The van der Waals surface area contributed by atoms with Crippen molar-refractivity contribution in [2.75, 3.05) is 6.26 Å². The van der Waals surface area contributed by atoms with E-state index in [1.165, 1.54) is 6.26 Å². The maximum atomic E-state index is 11.7. The van der Waals surface area contributed by atoms with Gasteiger partial charge in [0.1, 0.15) is 18.2 Å². The molecule has 7 nitrogen and oxygen atoms in total. The van der Waals surface area contributed by atoms with Gasteiger partial charge in [0.25, 0.3) is 0 Å². The molecule has 6 rings (SSSR count). The molecule has 1 aromatic heterocycles. The van der Waals surface area contributed by atoms with Gasteiger partial charge in [0, 0.05) is 35.1 Å². The summed E-state index contributed by atoms with van der Waals surface area (Å²) in [5.74, 6) is 0.476.